The fourth-order valence-corrected chi connectivity index (χ4v) is 1.54. The van der Waals surface area contributed by atoms with Gasteiger partial charge in [-0.3, -0.25) is 9.59 Å². The molecule has 0 fully saturated rings. The maximum absolute atomic E-state index is 10.7. The van der Waals surface area contributed by atoms with Crippen LogP contribution >= 0.6 is 0 Å². The average molecular weight is 451 g/mol. The summed E-state index contributed by atoms with van der Waals surface area (Å²) in [7, 11) is 0.347. The van der Waals surface area contributed by atoms with Crippen molar-refractivity contribution in [1.29, 1.82) is 0 Å². The third kappa shape index (κ3) is 16.0. The molecule has 0 heterocycles. The van der Waals surface area contributed by atoms with Crippen molar-refractivity contribution in [3.63, 3.8) is 0 Å². The highest BCUT2D eigenvalue weighted by atomic mass is 28.3. The van der Waals surface area contributed by atoms with Crippen molar-refractivity contribution in [2.24, 2.45) is 22.9 Å². The van der Waals surface area contributed by atoms with E-state index in [-0.39, 0.29) is 11.1 Å². The third-order valence-corrected chi connectivity index (χ3v) is 6.95. The average Bonchev–Trinajstić information content (AvgIpc) is 2.63. The number of aliphatic carboxylic acids is 2. The second-order valence-corrected chi connectivity index (χ2v) is 9.89. The van der Waals surface area contributed by atoms with Crippen LogP contribution in [0.4, 0.5) is 0 Å². The zero-order valence-electron chi connectivity index (χ0n) is 17.7. The van der Waals surface area contributed by atoms with Crippen molar-refractivity contribution in [3.8, 4) is 0 Å². The van der Waals surface area contributed by atoms with Crippen LogP contribution in [0, 0.1) is 0 Å². The molecule has 0 aliphatic heterocycles. The van der Waals surface area contributed by atoms with E-state index >= 15 is 0 Å². The molecule has 10 N–H and O–H groups in total. The van der Waals surface area contributed by atoms with Gasteiger partial charge in [-0.05, 0) is 25.9 Å². The Hall–Kier alpha value is -2.65. The van der Waals surface area contributed by atoms with E-state index in [1.54, 1.807) is 13.8 Å². The Kier molecular flexibility index (Phi) is 18.7. The lowest BCUT2D eigenvalue weighted by Gasteiger charge is -2.02. The van der Waals surface area contributed by atoms with Crippen molar-refractivity contribution in [2.45, 2.75) is 52.6 Å². The van der Waals surface area contributed by atoms with Gasteiger partial charge in [0.25, 0.3) is 0 Å². The molecule has 0 aliphatic rings. The largest absolute Gasteiger partial charge is 0.477 e. The van der Waals surface area contributed by atoms with Gasteiger partial charge in [0.05, 0.1) is 0 Å². The van der Waals surface area contributed by atoms with Gasteiger partial charge in [0.2, 0.25) is 11.8 Å². The number of hydrogen-bond acceptors (Lipinski definition) is 7. The normalized spacial score (nSPS) is 11.8. The van der Waals surface area contributed by atoms with Gasteiger partial charge >= 0.3 is 11.9 Å². The Morgan fingerprint density at radius 3 is 1.14 bits per heavy atom. The molecule has 0 aliphatic carbocycles. The van der Waals surface area contributed by atoms with Gasteiger partial charge in [-0.1, -0.05) is 26.7 Å². The van der Waals surface area contributed by atoms with Gasteiger partial charge in [0, 0.05) is 11.1 Å². The summed E-state index contributed by atoms with van der Waals surface area (Å²) in [6.07, 6.45) is 1.86. The van der Waals surface area contributed by atoms with Crippen LogP contribution in [0.25, 0.3) is 0 Å². The SMILES string of the molecule is CCC/C(C(N)=O)=C(\N)C(=O)O.CCC/C(C(N)=O)=C(\N)C(=O)O.C[SiH](C)O[SiH3]. The molecule has 0 rings (SSSR count). The first-order valence-corrected chi connectivity index (χ1v) is 12.4. The smallest absolute Gasteiger partial charge is 0.352 e. The number of hydrogen-bond donors (Lipinski definition) is 6. The summed E-state index contributed by atoms with van der Waals surface area (Å²) in [6.45, 7) is 7.95. The molecular formula is C16H34N4O7Si2. The Bertz CT molecular complexity index is 585. The van der Waals surface area contributed by atoms with E-state index in [4.69, 9.17) is 37.3 Å². The molecule has 0 unspecified atom stereocenters. The molecule has 0 aromatic heterocycles. The Labute approximate surface area is 175 Å². The van der Waals surface area contributed by atoms with Crippen LogP contribution in [0.1, 0.15) is 39.5 Å². The molecule has 0 radical (unpaired) electrons. The summed E-state index contributed by atoms with van der Waals surface area (Å²) in [5.74, 6) is -4.15. The maximum atomic E-state index is 10.7. The molecule has 11 nitrogen and oxygen atoms in total. The minimum Gasteiger partial charge on any atom is -0.477 e. The number of carbonyl (C=O) groups is 4. The van der Waals surface area contributed by atoms with Crippen molar-refractivity contribution < 1.29 is 33.5 Å². The van der Waals surface area contributed by atoms with Crippen LogP contribution in [0.5, 0.6) is 0 Å². The van der Waals surface area contributed by atoms with Crippen molar-refractivity contribution in [3.05, 3.63) is 22.5 Å². The van der Waals surface area contributed by atoms with Gasteiger partial charge in [-0.15, -0.1) is 0 Å². The van der Waals surface area contributed by atoms with E-state index in [1.807, 2.05) is 0 Å². The van der Waals surface area contributed by atoms with Crippen molar-refractivity contribution in [2.75, 3.05) is 0 Å². The van der Waals surface area contributed by atoms with Crippen LogP contribution in [0.3, 0.4) is 0 Å². The Balaban J connectivity index is -0.000000380. The first kappa shape index (κ1) is 31.1. The molecule has 168 valence electrons. The number of amides is 2. The predicted octanol–water partition coefficient (Wildman–Crippen LogP) is -1.59. The summed E-state index contributed by atoms with van der Waals surface area (Å²) in [6, 6.07) is 0. The first-order chi connectivity index (χ1) is 13.3. The summed E-state index contributed by atoms with van der Waals surface area (Å²) < 4.78 is 5.03. The van der Waals surface area contributed by atoms with Crippen LogP contribution in [-0.2, 0) is 23.3 Å². The van der Waals surface area contributed by atoms with E-state index in [9.17, 15) is 19.2 Å². The molecule has 0 aromatic rings. The highest BCUT2D eigenvalue weighted by Gasteiger charge is 2.14. The van der Waals surface area contributed by atoms with Gasteiger partial charge in [-0.2, -0.15) is 0 Å². The van der Waals surface area contributed by atoms with Crippen molar-refractivity contribution >= 4 is 43.3 Å². The fourth-order valence-electron chi connectivity index (χ4n) is 1.54. The molecule has 0 atom stereocenters. The van der Waals surface area contributed by atoms with Gasteiger partial charge in [-0.25, -0.2) is 9.59 Å². The van der Waals surface area contributed by atoms with Gasteiger partial charge in [0.1, 0.15) is 21.9 Å². The van der Waals surface area contributed by atoms with Crippen LogP contribution in [-0.4, -0.2) is 53.5 Å². The monoisotopic (exact) mass is 450 g/mol. The summed E-state index contributed by atoms with van der Waals surface area (Å²) in [5.41, 5.74) is 19.2. The zero-order valence-corrected chi connectivity index (χ0v) is 20.8. The lowest BCUT2D eigenvalue weighted by atomic mass is 10.1. The first-order valence-electron chi connectivity index (χ1n) is 8.84. The summed E-state index contributed by atoms with van der Waals surface area (Å²) in [4.78, 5) is 42.0. The molecule has 13 heteroatoms. The molecule has 0 spiro atoms. The van der Waals surface area contributed by atoms with Gasteiger partial charge < -0.3 is 37.3 Å². The van der Waals surface area contributed by atoms with Crippen LogP contribution in [0.2, 0.25) is 13.1 Å². The number of nitrogens with two attached hydrogens (primary N) is 4. The number of carboxylic acid groups (broad SMARTS) is 2. The minimum atomic E-state index is -1.31. The zero-order chi connectivity index (χ0) is 23.7. The topological polar surface area (TPSA) is 222 Å². The maximum Gasteiger partial charge on any atom is 0.352 e. The molecule has 29 heavy (non-hydrogen) atoms. The lowest BCUT2D eigenvalue weighted by molar-refractivity contribution is -0.134. The van der Waals surface area contributed by atoms with Crippen LogP contribution in [0.15, 0.2) is 22.5 Å². The molecule has 0 bridgehead atoms. The lowest BCUT2D eigenvalue weighted by Crippen LogP contribution is -2.22. The predicted molar refractivity (Wildman–Crippen MR) is 116 cm³/mol. The van der Waals surface area contributed by atoms with E-state index in [1.165, 1.54) is 0 Å². The standard InChI is InChI=1S/2C7H12N2O3.C2H10OSi2/c2*1-2-3-4(6(9)10)5(8)7(11)12;1-5(2)3-4/h2*2-3,8H2,1H3,(H2,9,10)(H,11,12);5H,1-2,4H3/b2*5-4+;. The van der Waals surface area contributed by atoms with Crippen molar-refractivity contribution in [1.82, 2.24) is 0 Å². The number of carboxylic acids is 2. The second-order valence-electron chi connectivity index (χ2n) is 5.91. The number of carbonyl (C=O) groups excluding carboxylic acids is 2. The molecular weight excluding hydrogens is 416 g/mol. The molecule has 2 amide bonds. The Morgan fingerprint density at radius 2 is 1.03 bits per heavy atom. The molecule has 0 saturated carbocycles. The number of rotatable bonds is 9. The third-order valence-electron chi connectivity index (χ3n) is 3.18. The quantitative estimate of drug-likeness (QED) is 0.175. The fraction of sp³-hybridized carbons (Fsp3) is 0.500. The van der Waals surface area contributed by atoms with E-state index in [2.05, 4.69) is 13.1 Å². The van der Waals surface area contributed by atoms with E-state index in [0.717, 1.165) is 10.5 Å². The molecule has 0 saturated heterocycles. The molecule has 0 aromatic carbocycles. The number of primary amides is 2. The minimum absolute atomic E-state index is 0.00926. The highest BCUT2D eigenvalue weighted by molar-refractivity contribution is 6.52. The summed E-state index contributed by atoms with van der Waals surface area (Å²) in [5, 5.41) is 16.9. The van der Waals surface area contributed by atoms with E-state index < -0.39 is 44.2 Å². The summed E-state index contributed by atoms with van der Waals surface area (Å²) >= 11 is 0. The van der Waals surface area contributed by atoms with E-state index in [0.29, 0.717) is 25.7 Å². The van der Waals surface area contributed by atoms with Crippen LogP contribution < -0.4 is 22.9 Å². The second kappa shape index (κ2) is 17.5. The highest BCUT2D eigenvalue weighted by Crippen LogP contribution is 2.07. The Morgan fingerprint density at radius 1 is 0.793 bits per heavy atom. The van der Waals surface area contributed by atoms with Gasteiger partial charge in [0.15, 0.2) is 9.04 Å².